The molecule has 138 valence electrons. The molecule has 1 aliphatic carbocycles. The number of morpholine rings is 1. The number of rotatable bonds is 4. The van der Waals surface area contributed by atoms with Gasteiger partial charge in [-0.2, -0.15) is 0 Å². The lowest BCUT2D eigenvalue weighted by Gasteiger charge is -2.35. The molecule has 1 unspecified atom stereocenters. The Morgan fingerprint density at radius 2 is 2.31 bits per heavy atom. The highest BCUT2D eigenvalue weighted by Gasteiger charge is 2.35. The third-order valence-corrected chi connectivity index (χ3v) is 6.08. The Hall–Kier alpha value is -1.99. The molecule has 1 saturated heterocycles. The summed E-state index contributed by atoms with van der Waals surface area (Å²) in [6, 6.07) is 4.10. The number of thiazole rings is 1. The fraction of sp³-hybridized carbons (Fsp3) is 0.526. The van der Waals surface area contributed by atoms with Crippen molar-refractivity contribution in [2.45, 2.75) is 32.7 Å². The van der Waals surface area contributed by atoms with Crippen molar-refractivity contribution >= 4 is 27.9 Å². The van der Waals surface area contributed by atoms with Gasteiger partial charge in [-0.05, 0) is 24.0 Å². The van der Waals surface area contributed by atoms with Crippen LogP contribution in [-0.2, 0) is 11.2 Å². The molecule has 3 heterocycles. The Morgan fingerprint density at radius 1 is 1.42 bits per heavy atom. The molecular formula is C19H24N4O2S. The Kier molecular flexibility index (Phi) is 4.67. The molecule has 1 fully saturated rings. The normalized spacial score (nSPS) is 22.2. The monoisotopic (exact) mass is 372 g/mol. The number of aromatic nitrogens is 2. The summed E-state index contributed by atoms with van der Waals surface area (Å²) in [7, 11) is 0. The number of nitrogens with one attached hydrogen (secondary N) is 1. The number of fused-ring (bicyclic) bond motifs is 1. The number of nitrogens with zero attached hydrogens (tertiary/aromatic N) is 3. The molecule has 6 nitrogen and oxygen atoms in total. The minimum Gasteiger partial charge on any atom is -0.382 e. The number of carbonyl (C=O) groups is 1. The molecule has 4 rings (SSSR count). The van der Waals surface area contributed by atoms with E-state index < -0.39 is 0 Å². The van der Waals surface area contributed by atoms with Crippen LogP contribution in [0.25, 0.3) is 0 Å². The summed E-state index contributed by atoms with van der Waals surface area (Å²) in [6.45, 7) is 7.16. The lowest BCUT2D eigenvalue weighted by atomic mass is 9.78. The van der Waals surface area contributed by atoms with Crippen LogP contribution in [-0.4, -0.2) is 48.1 Å². The van der Waals surface area contributed by atoms with Crippen molar-refractivity contribution in [2.75, 3.05) is 36.5 Å². The third-order valence-electron chi connectivity index (χ3n) is 4.90. The van der Waals surface area contributed by atoms with E-state index in [-0.39, 0.29) is 17.2 Å². The molecule has 0 aromatic carbocycles. The van der Waals surface area contributed by atoms with Crippen LogP contribution in [0.15, 0.2) is 24.5 Å². The van der Waals surface area contributed by atoms with Gasteiger partial charge in [-0.3, -0.25) is 9.78 Å². The van der Waals surface area contributed by atoms with E-state index in [0.29, 0.717) is 19.6 Å². The number of Topliss-reactive ketones (excluding diaryl/α,β-unsaturated/α-hetero) is 1. The van der Waals surface area contributed by atoms with Gasteiger partial charge < -0.3 is 15.0 Å². The predicted molar refractivity (Wildman–Crippen MR) is 103 cm³/mol. The maximum Gasteiger partial charge on any atom is 0.186 e. The highest BCUT2D eigenvalue weighted by Crippen LogP contribution is 2.39. The van der Waals surface area contributed by atoms with Gasteiger partial charge in [0, 0.05) is 31.9 Å². The summed E-state index contributed by atoms with van der Waals surface area (Å²) in [6.07, 6.45) is 5.06. The number of hydrogen-bond acceptors (Lipinski definition) is 7. The van der Waals surface area contributed by atoms with Crippen LogP contribution < -0.4 is 10.2 Å². The van der Waals surface area contributed by atoms with Crippen molar-refractivity contribution in [3.8, 4) is 0 Å². The molecule has 0 saturated carbocycles. The van der Waals surface area contributed by atoms with Gasteiger partial charge in [0.05, 0.1) is 35.5 Å². The first-order valence-electron chi connectivity index (χ1n) is 9.03. The van der Waals surface area contributed by atoms with Crippen molar-refractivity contribution in [3.63, 3.8) is 0 Å². The van der Waals surface area contributed by atoms with Crippen LogP contribution in [0.1, 0.15) is 35.6 Å². The average Bonchev–Trinajstić information content (AvgIpc) is 3.04. The summed E-state index contributed by atoms with van der Waals surface area (Å²) in [4.78, 5) is 24.6. The smallest absolute Gasteiger partial charge is 0.186 e. The maximum atomic E-state index is 12.5. The minimum absolute atomic E-state index is 0.00169. The van der Waals surface area contributed by atoms with Crippen molar-refractivity contribution in [2.24, 2.45) is 5.41 Å². The molecule has 0 radical (unpaired) electrons. The molecule has 0 amide bonds. The van der Waals surface area contributed by atoms with E-state index in [2.05, 4.69) is 29.0 Å². The lowest BCUT2D eigenvalue weighted by molar-refractivity contribution is 0.0915. The zero-order chi connectivity index (χ0) is 18.1. The molecule has 0 bridgehead atoms. The molecule has 1 N–H and O–H groups in total. The minimum atomic E-state index is 0.00169. The molecular weight excluding hydrogens is 348 g/mol. The van der Waals surface area contributed by atoms with Crippen molar-refractivity contribution < 1.29 is 9.53 Å². The number of ether oxygens (including phenoxy) is 1. The molecule has 2 aliphatic rings. The van der Waals surface area contributed by atoms with Crippen LogP contribution in [0.5, 0.6) is 0 Å². The summed E-state index contributed by atoms with van der Waals surface area (Å²) in [5.74, 6) is 0.235. The van der Waals surface area contributed by atoms with Gasteiger partial charge in [-0.15, -0.1) is 0 Å². The summed E-state index contributed by atoms with van der Waals surface area (Å²) >= 11 is 1.55. The summed E-state index contributed by atoms with van der Waals surface area (Å²) < 4.78 is 5.69. The molecule has 1 aliphatic heterocycles. The van der Waals surface area contributed by atoms with Gasteiger partial charge in [-0.25, -0.2) is 4.98 Å². The number of hydrogen-bond donors (Lipinski definition) is 1. The first-order valence-corrected chi connectivity index (χ1v) is 9.85. The van der Waals surface area contributed by atoms with Crippen LogP contribution in [0, 0.1) is 5.41 Å². The van der Waals surface area contributed by atoms with Crippen LogP contribution in [0.2, 0.25) is 0 Å². The van der Waals surface area contributed by atoms with Gasteiger partial charge in [-0.1, -0.05) is 25.2 Å². The highest BCUT2D eigenvalue weighted by atomic mass is 32.1. The third kappa shape index (κ3) is 3.59. The molecule has 2 aromatic rings. The largest absolute Gasteiger partial charge is 0.382 e. The van der Waals surface area contributed by atoms with Crippen LogP contribution in [0.3, 0.4) is 0 Å². The number of carbonyl (C=O) groups excluding carboxylic acids is 1. The first-order chi connectivity index (χ1) is 12.5. The van der Waals surface area contributed by atoms with E-state index in [1.807, 2.05) is 18.3 Å². The zero-order valence-electron chi connectivity index (χ0n) is 15.2. The zero-order valence-corrected chi connectivity index (χ0v) is 16.0. The predicted octanol–water partition coefficient (Wildman–Crippen LogP) is 3.01. The molecule has 2 aromatic heterocycles. The Bertz CT molecular complexity index is 790. The standard InChI is InChI=1S/C19H24N4O2S/c1-19(2)8-15-17(16(24)9-19)26-18(22-15)23-6-7-25-12-14(23)11-21-13-4-3-5-20-10-13/h3-5,10,14,21H,6-9,11-12H2,1-2H3. The number of ketones is 1. The number of anilines is 2. The quantitative estimate of drug-likeness (QED) is 0.890. The first kappa shape index (κ1) is 17.4. The van der Waals surface area contributed by atoms with E-state index in [0.717, 1.165) is 40.9 Å². The van der Waals surface area contributed by atoms with E-state index in [9.17, 15) is 4.79 Å². The van der Waals surface area contributed by atoms with Gasteiger partial charge in [0.2, 0.25) is 0 Å². The van der Waals surface area contributed by atoms with Crippen molar-refractivity contribution in [3.05, 3.63) is 35.1 Å². The number of pyridine rings is 1. The van der Waals surface area contributed by atoms with Gasteiger partial charge in [0.25, 0.3) is 0 Å². The van der Waals surface area contributed by atoms with Crippen LogP contribution in [0.4, 0.5) is 10.8 Å². The molecule has 7 heteroatoms. The Labute approximate surface area is 157 Å². The molecule has 1 atom stereocenters. The van der Waals surface area contributed by atoms with Gasteiger partial charge >= 0.3 is 0 Å². The summed E-state index contributed by atoms with van der Waals surface area (Å²) in [5, 5.41) is 4.37. The maximum absolute atomic E-state index is 12.5. The SMILES string of the molecule is CC1(C)CC(=O)c2sc(N3CCOCC3CNc3cccnc3)nc2C1. The Balaban J connectivity index is 1.53. The summed E-state index contributed by atoms with van der Waals surface area (Å²) in [5.41, 5.74) is 1.96. The van der Waals surface area contributed by atoms with Crippen molar-refractivity contribution in [1.82, 2.24) is 9.97 Å². The average molecular weight is 372 g/mol. The van der Waals surface area contributed by atoms with Crippen molar-refractivity contribution in [1.29, 1.82) is 0 Å². The lowest BCUT2D eigenvalue weighted by Crippen LogP contribution is -2.49. The fourth-order valence-electron chi connectivity index (χ4n) is 3.61. The van der Waals surface area contributed by atoms with E-state index >= 15 is 0 Å². The highest BCUT2D eigenvalue weighted by molar-refractivity contribution is 7.17. The van der Waals surface area contributed by atoms with E-state index in [4.69, 9.17) is 9.72 Å². The fourth-order valence-corrected chi connectivity index (χ4v) is 4.73. The topological polar surface area (TPSA) is 67.3 Å². The van der Waals surface area contributed by atoms with E-state index in [1.54, 1.807) is 17.5 Å². The second-order valence-electron chi connectivity index (χ2n) is 7.76. The second kappa shape index (κ2) is 6.96. The second-order valence-corrected chi connectivity index (χ2v) is 8.74. The Morgan fingerprint density at radius 3 is 3.12 bits per heavy atom. The molecule has 26 heavy (non-hydrogen) atoms. The van der Waals surface area contributed by atoms with Gasteiger partial charge in [0.1, 0.15) is 0 Å². The van der Waals surface area contributed by atoms with E-state index in [1.165, 1.54) is 0 Å². The molecule has 0 spiro atoms. The van der Waals surface area contributed by atoms with Gasteiger partial charge in [0.15, 0.2) is 10.9 Å². The van der Waals surface area contributed by atoms with Crippen LogP contribution >= 0.6 is 11.3 Å².